The van der Waals surface area contributed by atoms with Gasteiger partial charge in [-0.1, -0.05) is 37.6 Å². The van der Waals surface area contributed by atoms with Crippen molar-refractivity contribution in [2.75, 3.05) is 0 Å². The van der Waals surface area contributed by atoms with Gasteiger partial charge in [0.05, 0.1) is 5.56 Å². The molecule has 1 aliphatic rings. The molecule has 0 aliphatic carbocycles. The summed E-state index contributed by atoms with van der Waals surface area (Å²) >= 11 is 1.68. The lowest BCUT2D eigenvalue weighted by atomic mass is 10.0. The largest absolute Gasteiger partial charge is 0.422 e. The Labute approximate surface area is 116 Å². The number of esters is 1. The molecule has 2 heterocycles. The second-order valence-corrected chi connectivity index (χ2v) is 5.42. The topological polar surface area (TPSA) is 26.3 Å². The second kappa shape index (κ2) is 5.02. The fourth-order valence-corrected chi connectivity index (χ4v) is 3.13. The Morgan fingerprint density at radius 3 is 2.63 bits per heavy atom. The van der Waals surface area contributed by atoms with Crippen LogP contribution in [0.5, 0.6) is 0 Å². The van der Waals surface area contributed by atoms with Crippen molar-refractivity contribution >= 4 is 28.6 Å². The van der Waals surface area contributed by atoms with Crippen molar-refractivity contribution in [1.82, 2.24) is 0 Å². The molecule has 0 saturated carbocycles. The fourth-order valence-electron chi connectivity index (χ4n) is 2.33. The molecule has 0 radical (unpaired) electrons. The standard InChI is InChI=1S/C16H14O2S/c1-2-6-13(14-9-5-10-19-14)15-11-7-3-4-8-12(11)16(17)18-15/h3-5,7-10H,2,6H2,1H3/b15-13+. The Morgan fingerprint density at radius 1 is 1.16 bits per heavy atom. The first-order chi connectivity index (χ1) is 9.31. The molecule has 0 amide bonds. The normalized spacial score (nSPS) is 16.2. The monoisotopic (exact) mass is 270 g/mol. The van der Waals surface area contributed by atoms with Crippen LogP contribution in [0.3, 0.4) is 0 Å². The van der Waals surface area contributed by atoms with Gasteiger partial charge in [-0.05, 0) is 23.9 Å². The number of carbonyl (C=O) groups is 1. The summed E-state index contributed by atoms with van der Waals surface area (Å²) in [5.41, 5.74) is 2.72. The van der Waals surface area contributed by atoms with Crippen LogP contribution in [-0.2, 0) is 4.74 Å². The fraction of sp³-hybridized carbons (Fsp3) is 0.188. The van der Waals surface area contributed by atoms with E-state index >= 15 is 0 Å². The van der Waals surface area contributed by atoms with E-state index in [-0.39, 0.29) is 5.97 Å². The van der Waals surface area contributed by atoms with Gasteiger partial charge >= 0.3 is 5.97 Å². The van der Waals surface area contributed by atoms with Crippen LogP contribution in [0.4, 0.5) is 0 Å². The number of ether oxygens (including phenoxy) is 1. The SMILES string of the molecule is CCC/C(=C1\OC(=O)c2ccccc21)c1cccs1. The minimum absolute atomic E-state index is 0.240. The number of benzene rings is 1. The second-order valence-electron chi connectivity index (χ2n) is 4.47. The van der Waals surface area contributed by atoms with E-state index in [2.05, 4.69) is 13.0 Å². The molecule has 0 N–H and O–H groups in total. The van der Waals surface area contributed by atoms with Gasteiger partial charge < -0.3 is 4.74 Å². The Hall–Kier alpha value is -1.87. The Morgan fingerprint density at radius 2 is 1.95 bits per heavy atom. The van der Waals surface area contributed by atoms with Gasteiger partial charge in [-0.15, -0.1) is 11.3 Å². The summed E-state index contributed by atoms with van der Waals surface area (Å²) in [6.45, 7) is 2.14. The van der Waals surface area contributed by atoms with Crippen LogP contribution in [0.1, 0.15) is 40.6 Å². The summed E-state index contributed by atoms with van der Waals surface area (Å²) < 4.78 is 5.52. The number of rotatable bonds is 3. The lowest BCUT2D eigenvalue weighted by molar-refractivity contribution is 0.0716. The average Bonchev–Trinajstić information content (AvgIpc) is 3.06. The summed E-state index contributed by atoms with van der Waals surface area (Å²) in [4.78, 5) is 13.1. The van der Waals surface area contributed by atoms with E-state index in [0.29, 0.717) is 5.56 Å². The first-order valence-electron chi connectivity index (χ1n) is 6.40. The maximum Gasteiger partial charge on any atom is 0.344 e. The predicted molar refractivity (Wildman–Crippen MR) is 77.9 cm³/mol. The molecule has 2 nitrogen and oxygen atoms in total. The molecule has 19 heavy (non-hydrogen) atoms. The highest BCUT2D eigenvalue weighted by atomic mass is 32.1. The van der Waals surface area contributed by atoms with Crippen molar-refractivity contribution in [2.45, 2.75) is 19.8 Å². The summed E-state index contributed by atoms with van der Waals surface area (Å²) in [6, 6.07) is 11.7. The lowest BCUT2D eigenvalue weighted by Crippen LogP contribution is -1.93. The van der Waals surface area contributed by atoms with Gasteiger partial charge in [0.2, 0.25) is 0 Å². The number of hydrogen-bond acceptors (Lipinski definition) is 3. The van der Waals surface area contributed by atoms with Crippen LogP contribution in [-0.4, -0.2) is 5.97 Å². The van der Waals surface area contributed by atoms with E-state index in [9.17, 15) is 4.79 Å². The summed E-state index contributed by atoms with van der Waals surface area (Å²) in [5, 5.41) is 2.05. The molecule has 96 valence electrons. The first kappa shape index (κ1) is 12.2. The van der Waals surface area contributed by atoms with Gasteiger partial charge in [0, 0.05) is 16.0 Å². The van der Waals surface area contributed by atoms with Crippen molar-refractivity contribution < 1.29 is 9.53 Å². The summed E-state index contributed by atoms with van der Waals surface area (Å²) in [7, 11) is 0. The van der Waals surface area contributed by atoms with E-state index in [4.69, 9.17) is 4.74 Å². The van der Waals surface area contributed by atoms with Crippen LogP contribution < -0.4 is 0 Å². The zero-order valence-corrected chi connectivity index (χ0v) is 11.5. The van der Waals surface area contributed by atoms with Crippen LogP contribution >= 0.6 is 11.3 Å². The molecule has 3 heteroatoms. The molecule has 2 aromatic rings. The minimum atomic E-state index is -0.240. The summed E-state index contributed by atoms with van der Waals surface area (Å²) in [5.74, 6) is 0.501. The first-order valence-corrected chi connectivity index (χ1v) is 7.28. The van der Waals surface area contributed by atoms with E-state index in [1.807, 2.05) is 35.7 Å². The average molecular weight is 270 g/mol. The molecule has 0 bridgehead atoms. The maximum atomic E-state index is 11.9. The van der Waals surface area contributed by atoms with Crippen LogP contribution in [0.25, 0.3) is 11.3 Å². The lowest BCUT2D eigenvalue weighted by Gasteiger charge is -2.08. The number of fused-ring (bicyclic) bond motifs is 1. The van der Waals surface area contributed by atoms with Gasteiger partial charge in [-0.2, -0.15) is 0 Å². The molecule has 0 spiro atoms. The molecule has 0 fully saturated rings. The minimum Gasteiger partial charge on any atom is -0.422 e. The smallest absolute Gasteiger partial charge is 0.344 e. The Kier molecular flexibility index (Phi) is 3.22. The molecular weight excluding hydrogens is 256 g/mol. The van der Waals surface area contributed by atoms with Crippen LogP contribution in [0, 0.1) is 0 Å². The van der Waals surface area contributed by atoms with Crippen molar-refractivity contribution in [3.63, 3.8) is 0 Å². The third-order valence-electron chi connectivity index (χ3n) is 3.18. The molecule has 1 aromatic carbocycles. The van der Waals surface area contributed by atoms with Gasteiger partial charge in [0.15, 0.2) is 0 Å². The van der Waals surface area contributed by atoms with Crippen molar-refractivity contribution in [3.05, 3.63) is 57.8 Å². The number of thiophene rings is 1. The van der Waals surface area contributed by atoms with Gasteiger partial charge in [-0.25, -0.2) is 4.79 Å². The van der Waals surface area contributed by atoms with Crippen molar-refractivity contribution in [2.24, 2.45) is 0 Å². The Balaban J connectivity index is 2.18. The highest BCUT2D eigenvalue weighted by Crippen LogP contribution is 2.38. The molecular formula is C16H14O2S. The van der Waals surface area contributed by atoms with Crippen molar-refractivity contribution in [3.8, 4) is 0 Å². The maximum absolute atomic E-state index is 11.9. The predicted octanol–water partition coefficient (Wildman–Crippen LogP) is 4.59. The van der Waals surface area contributed by atoms with Crippen LogP contribution in [0.2, 0.25) is 0 Å². The molecule has 3 rings (SSSR count). The van der Waals surface area contributed by atoms with E-state index in [1.54, 1.807) is 11.3 Å². The molecule has 0 atom stereocenters. The molecule has 0 saturated heterocycles. The number of carbonyl (C=O) groups excluding carboxylic acids is 1. The highest BCUT2D eigenvalue weighted by molar-refractivity contribution is 7.11. The number of hydrogen-bond donors (Lipinski definition) is 0. The van der Waals surface area contributed by atoms with E-state index in [1.165, 1.54) is 4.88 Å². The van der Waals surface area contributed by atoms with Crippen molar-refractivity contribution in [1.29, 1.82) is 0 Å². The molecule has 0 unspecified atom stereocenters. The Bertz CT molecular complexity index is 639. The zero-order chi connectivity index (χ0) is 13.2. The van der Waals surface area contributed by atoms with Gasteiger partial charge in [-0.3, -0.25) is 0 Å². The van der Waals surface area contributed by atoms with E-state index in [0.717, 1.165) is 29.7 Å². The zero-order valence-electron chi connectivity index (χ0n) is 10.7. The highest BCUT2D eigenvalue weighted by Gasteiger charge is 2.28. The van der Waals surface area contributed by atoms with E-state index < -0.39 is 0 Å². The third-order valence-corrected chi connectivity index (χ3v) is 4.11. The third kappa shape index (κ3) is 2.10. The number of allylic oxidation sites excluding steroid dienone is 1. The summed E-state index contributed by atoms with van der Waals surface area (Å²) in [6.07, 6.45) is 1.94. The quantitative estimate of drug-likeness (QED) is 0.763. The molecule has 1 aliphatic heterocycles. The molecule has 1 aromatic heterocycles. The number of cyclic esters (lactones) is 1. The van der Waals surface area contributed by atoms with Crippen LogP contribution in [0.15, 0.2) is 41.8 Å². The van der Waals surface area contributed by atoms with Gasteiger partial charge in [0.25, 0.3) is 0 Å². The van der Waals surface area contributed by atoms with Gasteiger partial charge in [0.1, 0.15) is 5.76 Å².